The molecule has 1 heterocycles. The molecule has 2 atom stereocenters. The quantitative estimate of drug-likeness (QED) is 0.815. The highest BCUT2D eigenvalue weighted by atomic mass is 16.2. The minimum absolute atomic E-state index is 0.0983. The molecule has 2 aliphatic carbocycles. The molecule has 3 rings (SSSR count). The number of hydrogen-bond acceptors (Lipinski definition) is 2. The Morgan fingerprint density at radius 3 is 2.41 bits per heavy atom. The zero-order chi connectivity index (χ0) is 11.8. The van der Waals surface area contributed by atoms with E-state index in [9.17, 15) is 4.79 Å². The van der Waals surface area contributed by atoms with Crippen molar-refractivity contribution in [2.75, 3.05) is 0 Å². The first-order valence-corrected chi connectivity index (χ1v) is 7.39. The van der Waals surface area contributed by atoms with Gasteiger partial charge in [-0.25, -0.2) is 0 Å². The van der Waals surface area contributed by atoms with Crippen LogP contribution in [0.25, 0.3) is 0 Å². The first kappa shape index (κ1) is 11.5. The van der Waals surface area contributed by atoms with E-state index in [1.54, 1.807) is 0 Å². The number of carbonyl (C=O) groups excluding carboxylic acids is 1. The van der Waals surface area contributed by atoms with Crippen LogP contribution in [0.4, 0.5) is 0 Å². The van der Waals surface area contributed by atoms with Crippen LogP contribution in [0.3, 0.4) is 0 Å². The summed E-state index contributed by atoms with van der Waals surface area (Å²) in [6.07, 6.45) is 10.4. The standard InChI is InChI=1S/C14H24N2O/c1-2-12-14(17)16(11-8-5-9-11)13(15-12)10-6-3-4-7-10/h10-13,15H,2-9H2,1H3. The third-order valence-corrected chi connectivity index (χ3v) is 4.95. The predicted molar refractivity (Wildman–Crippen MR) is 67.4 cm³/mol. The lowest BCUT2D eigenvalue weighted by atomic mass is 9.89. The molecular formula is C14H24N2O. The molecule has 1 N–H and O–H groups in total. The topological polar surface area (TPSA) is 32.3 Å². The van der Waals surface area contributed by atoms with Crippen molar-refractivity contribution in [3.05, 3.63) is 0 Å². The minimum Gasteiger partial charge on any atom is -0.323 e. The number of hydrogen-bond donors (Lipinski definition) is 1. The molecule has 0 bridgehead atoms. The van der Waals surface area contributed by atoms with Crippen molar-refractivity contribution in [2.24, 2.45) is 5.92 Å². The summed E-state index contributed by atoms with van der Waals surface area (Å²) in [7, 11) is 0. The largest absolute Gasteiger partial charge is 0.323 e. The van der Waals surface area contributed by atoms with Gasteiger partial charge in [0.25, 0.3) is 0 Å². The molecular weight excluding hydrogens is 212 g/mol. The molecule has 0 radical (unpaired) electrons. The van der Waals surface area contributed by atoms with Crippen molar-refractivity contribution in [3.63, 3.8) is 0 Å². The maximum absolute atomic E-state index is 12.4. The number of nitrogens with one attached hydrogen (secondary N) is 1. The van der Waals surface area contributed by atoms with E-state index in [0.29, 0.717) is 18.1 Å². The summed E-state index contributed by atoms with van der Waals surface area (Å²) >= 11 is 0. The monoisotopic (exact) mass is 236 g/mol. The maximum atomic E-state index is 12.4. The van der Waals surface area contributed by atoms with E-state index in [1.807, 2.05) is 0 Å². The van der Waals surface area contributed by atoms with Gasteiger partial charge in [0.05, 0.1) is 12.2 Å². The molecule has 0 aromatic rings. The Morgan fingerprint density at radius 2 is 1.88 bits per heavy atom. The molecule has 0 spiro atoms. The summed E-state index contributed by atoms with van der Waals surface area (Å²) in [5.74, 6) is 1.10. The molecule has 17 heavy (non-hydrogen) atoms. The lowest BCUT2D eigenvalue weighted by Crippen LogP contribution is -2.50. The molecule has 3 heteroatoms. The Hall–Kier alpha value is -0.570. The van der Waals surface area contributed by atoms with Crippen molar-refractivity contribution in [2.45, 2.75) is 76.5 Å². The van der Waals surface area contributed by atoms with E-state index in [-0.39, 0.29) is 6.04 Å². The number of amides is 1. The summed E-state index contributed by atoms with van der Waals surface area (Å²) in [4.78, 5) is 14.6. The van der Waals surface area contributed by atoms with Gasteiger partial charge in [0.1, 0.15) is 0 Å². The zero-order valence-corrected chi connectivity index (χ0v) is 10.8. The summed E-state index contributed by atoms with van der Waals surface area (Å²) in [5, 5.41) is 3.61. The number of carbonyl (C=O) groups is 1. The van der Waals surface area contributed by atoms with E-state index < -0.39 is 0 Å². The van der Waals surface area contributed by atoms with Gasteiger partial charge < -0.3 is 4.90 Å². The van der Waals surface area contributed by atoms with E-state index in [2.05, 4.69) is 17.1 Å². The first-order chi connectivity index (χ1) is 8.31. The van der Waals surface area contributed by atoms with E-state index in [0.717, 1.165) is 12.3 Å². The average Bonchev–Trinajstić information content (AvgIpc) is 2.86. The third kappa shape index (κ3) is 1.88. The zero-order valence-electron chi connectivity index (χ0n) is 10.8. The van der Waals surface area contributed by atoms with Crippen LogP contribution in [0.1, 0.15) is 58.3 Å². The van der Waals surface area contributed by atoms with Crippen LogP contribution in [-0.4, -0.2) is 29.1 Å². The molecule has 1 amide bonds. The molecule has 1 aliphatic heterocycles. The number of rotatable bonds is 3. The van der Waals surface area contributed by atoms with E-state index >= 15 is 0 Å². The summed E-state index contributed by atoms with van der Waals surface area (Å²) in [6.45, 7) is 2.12. The maximum Gasteiger partial charge on any atom is 0.241 e. The van der Waals surface area contributed by atoms with Crippen LogP contribution in [0, 0.1) is 5.92 Å². The Kier molecular flexibility index (Phi) is 3.12. The highest BCUT2D eigenvalue weighted by molar-refractivity contribution is 5.84. The summed E-state index contributed by atoms with van der Waals surface area (Å²) in [5.41, 5.74) is 0. The molecule has 3 fully saturated rings. The van der Waals surface area contributed by atoms with Gasteiger partial charge in [-0.3, -0.25) is 10.1 Å². The second-order valence-electron chi connectivity index (χ2n) is 5.95. The van der Waals surface area contributed by atoms with Crippen LogP contribution in [0.15, 0.2) is 0 Å². The second-order valence-corrected chi connectivity index (χ2v) is 5.95. The SMILES string of the molecule is CCC1NC(C2CCCC2)N(C2CCC2)C1=O. The Bertz CT molecular complexity index is 295. The van der Waals surface area contributed by atoms with Crippen LogP contribution in [-0.2, 0) is 4.79 Å². The van der Waals surface area contributed by atoms with Crippen LogP contribution >= 0.6 is 0 Å². The van der Waals surface area contributed by atoms with Crippen LogP contribution in [0.2, 0.25) is 0 Å². The fraction of sp³-hybridized carbons (Fsp3) is 0.929. The van der Waals surface area contributed by atoms with Gasteiger partial charge in [-0.2, -0.15) is 0 Å². The van der Waals surface area contributed by atoms with Crippen molar-refractivity contribution >= 4 is 5.91 Å². The van der Waals surface area contributed by atoms with Gasteiger partial charge in [-0.15, -0.1) is 0 Å². The fourth-order valence-electron chi connectivity index (χ4n) is 3.68. The van der Waals surface area contributed by atoms with Gasteiger partial charge in [0, 0.05) is 6.04 Å². The Morgan fingerprint density at radius 1 is 1.18 bits per heavy atom. The van der Waals surface area contributed by atoms with E-state index in [4.69, 9.17) is 0 Å². The van der Waals surface area contributed by atoms with Gasteiger partial charge in [0.2, 0.25) is 5.91 Å². The van der Waals surface area contributed by atoms with Crippen LogP contribution < -0.4 is 5.32 Å². The fourth-order valence-corrected chi connectivity index (χ4v) is 3.68. The first-order valence-electron chi connectivity index (χ1n) is 7.39. The van der Waals surface area contributed by atoms with Crippen molar-refractivity contribution in [3.8, 4) is 0 Å². The van der Waals surface area contributed by atoms with Gasteiger partial charge in [0.15, 0.2) is 0 Å². The molecule has 1 saturated heterocycles. The van der Waals surface area contributed by atoms with Gasteiger partial charge >= 0.3 is 0 Å². The van der Waals surface area contributed by atoms with Gasteiger partial charge in [-0.05, 0) is 44.4 Å². The molecule has 0 aromatic heterocycles. The van der Waals surface area contributed by atoms with E-state index in [1.165, 1.54) is 44.9 Å². The van der Waals surface area contributed by atoms with Crippen molar-refractivity contribution < 1.29 is 4.79 Å². The number of nitrogens with zero attached hydrogens (tertiary/aromatic N) is 1. The highest BCUT2D eigenvalue weighted by Crippen LogP contribution is 2.37. The molecule has 3 nitrogen and oxygen atoms in total. The van der Waals surface area contributed by atoms with Crippen LogP contribution in [0.5, 0.6) is 0 Å². The van der Waals surface area contributed by atoms with Crippen molar-refractivity contribution in [1.29, 1.82) is 0 Å². The van der Waals surface area contributed by atoms with Gasteiger partial charge in [-0.1, -0.05) is 19.8 Å². The predicted octanol–water partition coefficient (Wildman–Crippen LogP) is 2.27. The Labute approximate surface area is 104 Å². The minimum atomic E-state index is 0.0983. The molecule has 2 unspecified atom stereocenters. The normalized spacial score (nSPS) is 35.6. The Balaban J connectivity index is 1.76. The lowest BCUT2D eigenvalue weighted by Gasteiger charge is -2.40. The summed E-state index contributed by atoms with van der Waals surface area (Å²) in [6, 6.07) is 0.651. The molecule has 0 aromatic carbocycles. The molecule has 96 valence electrons. The molecule has 2 saturated carbocycles. The lowest BCUT2D eigenvalue weighted by molar-refractivity contribution is -0.134. The third-order valence-electron chi connectivity index (χ3n) is 4.95. The molecule has 3 aliphatic rings. The smallest absolute Gasteiger partial charge is 0.241 e. The average molecular weight is 236 g/mol. The van der Waals surface area contributed by atoms with Crippen molar-refractivity contribution in [1.82, 2.24) is 10.2 Å². The highest BCUT2D eigenvalue weighted by Gasteiger charge is 2.46. The second kappa shape index (κ2) is 4.60. The summed E-state index contributed by atoms with van der Waals surface area (Å²) < 4.78 is 0.